The van der Waals surface area contributed by atoms with Crippen molar-refractivity contribution in [3.05, 3.63) is 22.4 Å². The lowest BCUT2D eigenvalue weighted by Gasteiger charge is -2.08. The fourth-order valence-corrected chi connectivity index (χ4v) is 1.69. The third-order valence-electron chi connectivity index (χ3n) is 1.56. The highest BCUT2D eigenvalue weighted by Gasteiger charge is 2.07. The lowest BCUT2D eigenvalue weighted by Crippen LogP contribution is -2.24. The van der Waals surface area contributed by atoms with E-state index < -0.39 is 0 Å². The monoisotopic (exact) mass is 193 g/mol. The van der Waals surface area contributed by atoms with Crippen molar-refractivity contribution >= 4 is 17.2 Å². The van der Waals surface area contributed by atoms with E-state index in [0.29, 0.717) is 0 Å². The van der Waals surface area contributed by atoms with Gasteiger partial charge in [0.15, 0.2) is 0 Å². The van der Waals surface area contributed by atoms with E-state index in [4.69, 9.17) is 0 Å². The van der Waals surface area contributed by atoms with Crippen LogP contribution in [0.15, 0.2) is 17.5 Å². The first kappa shape index (κ1) is 9.82. The van der Waals surface area contributed by atoms with Crippen LogP contribution in [0.2, 0.25) is 0 Å². The minimum atomic E-state index is -0.219. The zero-order chi connectivity index (χ0) is 9.68. The minimum absolute atomic E-state index is 0.0494. The first-order chi connectivity index (χ1) is 6.24. The topological polar surface area (TPSA) is 29.1 Å². The van der Waals surface area contributed by atoms with Crippen LogP contribution in [0.5, 0.6) is 0 Å². The smallest absolute Gasteiger partial charge is 0.296 e. The van der Waals surface area contributed by atoms with Gasteiger partial charge in [0.05, 0.1) is 6.04 Å². The highest BCUT2D eigenvalue weighted by atomic mass is 32.1. The molecule has 0 radical (unpaired) electrons. The van der Waals surface area contributed by atoms with Gasteiger partial charge in [0.1, 0.15) is 0 Å². The van der Waals surface area contributed by atoms with Crippen molar-refractivity contribution in [1.29, 1.82) is 0 Å². The van der Waals surface area contributed by atoms with E-state index in [0.717, 1.165) is 4.88 Å². The molecule has 1 aromatic heterocycles. The van der Waals surface area contributed by atoms with E-state index in [1.807, 2.05) is 24.4 Å². The number of hydrogen-bond donors (Lipinski definition) is 1. The molecule has 1 rings (SSSR count). The Bertz CT molecular complexity index is 332. The van der Waals surface area contributed by atoms with Gasteiger partial charge in [-0.1, -0.05) is 12.0 Å². The van der Waals surface area contributed by atoms with Crippen LogP contribution in [-0.2, 0) is 4.79 Å². The second-order valence-electron chi connectivity index (χ2n) is 2.59. The van der Waals surface area contributed by atoms with Crippen molar-refractivity contribution in [3.8, 4) is 11.8 Å². The van der Waals surface area contributed by atoms with Crippen molar-refractivity contribution in [2.75, 3.05) is 0 Å². The van der Waals surface area contributed by atoms with Crippen molar-refractivity contribution in [2.24, 2.45) is 0 Å². The summed E-state index contributed by atoms with van der Waals surface area (Å²) in [7, 11) is 0. The second kappa shape index (κ2) is 4.68. The quantitative estimate of drug-likeness (QED) is 0.715. The van der Waals surface area contributed by atoms with Crippen molar-refractivity contribution in [2.45, 2.75) is 19.9 Å². The Kier molecular flexibility index (Phi) is 3.53. The summed E-state index contributed by atoms with van der Waals surface area (Å²) in [6, 6.07) is 4.01. The van der Waals surface area contributed by atoms with Crippen molar-refractivity contribution in [3.63, 3.8) is 0 Å². The molecule has 1 heterocycles. The summed E-state index contributed by atoms with van der Waals surface area (Å²) in [5.74, 6) is 4.78. The Morgan fingerprint density at radius 2 is 2.46 bits per heavy atom. The predicted octanol–water partition coefficient (Wildman–Crippen LogP) is 1.95. The number of thiophene rings is 1. The van der Waals surface area contributed by atoms with E-state index in [-0.39, 0.29) is 11.9 Å². The highest BCUT2D eigenvalue weighted by Crippen LogP contribution is 2.17. The van der Waals surface area contributed by atoms with E-state index in [9.17, 15) is 4.79 Å². The molecule has 68 valence electrons. The van der Waals surface area contributed by atoms with Crippen LogP contribution in [0.1, 0.15) is 24.8 Å². The molecule has 0 saturated carbocycles. The fraction of sp³-hybridized carbons (Fsp3) is 0.300. The number of hydrogen-bond acceptors (Lipinski definition) is 2. The Labute approximate surface area is 82.0 Å². The van der Waals surface area contributed by atoms with Gasteiger partial charge in [-0.2, -0.15) is 0 Å². The Morgan fingerprint density at radius 1 is 1.69 bits per heavy atom. The highest BCUT2D eigenvalue weighted by molar-refractivity contribution is 7.10. The molecule has 0 spiro atoms. The third kappa shape index (κ3) is 2.92. The van der Waals surface area contributed by atoms with Crippen LogP contribution >= 0.6 is 11.3 Å². The summed E-state index contributed by atoms with van der Waals surface area (Å²) < 4.78 is 0. The Balaban J connectivity index is 2.54. The average molecular weight is 193 g/mol. The maximum atomic E-state index is 11.1. The molecule has 0 bridgehead atoms. The molecule has 1 amide bonds. The standard InChI is InChI=1S/C10H11NOS/c1-3-5-10(12)11-8(2)9-6-4-7-13-9/h4,6-8H,1-2H3,(H,11,12). The van der Waals surface area contributed by atoms with Gasteiger partial charge >= 0.3 is 0 Å². The van der Waals surface area contributed by atoms with E-state index in [2.05, 4.69) is 17.2 Å². The van der Waals surface area contributed by atoms with Gasteiger partial charge in [0.25, 0.3) is 5.91 Å². The normalized spacial score (nSPS) is 11.2. The van der Waals surface area contributed by atoms with Gasteiger partial charge in [0, 0.05) is 4.88 Å². The number of amides is 1. The van der Waals surface area contributed by atoms with Gasteiger partial charge in [-0.3, -0.25) is 4.79 Å². The maximum absolute atomic E-state index is 11.1. The predicted molar refractivity (Wildman–Crippen MR) is 54.3 cm³/mol. The molecular weight excluding hydrogens is 182 g/mol. The molecule has 0 aliphatic carbocycles. The molecule has 2 nitrogen and oxygen atoms in total. The third-order valence-corrected chi connectivity index (χ3v) is 2.61. The van der Waals surface area contributed by atoms with E-state index in [1.165, 1.54) is 0 Å². The summed E-state index contributed by atoms with van der Waals surface area (Å²) in [5, 5.41) is 4.77. The van der Waals surface area contributed by atoms with E-state index in [1.54, 1.807) is 18.3 Å². The summed E-state index contributed by atoms with van der Waals surface area (Å²) in [6.07, 6.45) is 0. The molecule has 1 unspecified atom stereocenters. The molecule has 3 heteroatoms. The van der Waals surface area contributed by atoms with Crippen LogP contribution < -0.4 is 5.32 Å². The van der Waals surface area contributed by atoms with Gasteiger partial charge < -0.3 is 5.32 Å². The molecule has 0 aliphatic rings. The molecule has 1 atom stereocenters. The van der Waals surface area contributed by atoms with Gasteiger partial charge in [-0.25, -0.2) is 0 Å². The van der Waals surface area contributed by atoms with Crippen LogP contribution in [-0.4, -0.2) is 5.91 Å². The lowest BCUT2D eigenvalue weighted by atomic mass is 10.3. The summed E-state index contributed by atoms with van der Waals surface area (Å²) in [6.45, 7) is 3.59. The Morgan fingerprint density at radius 3 is 3.00 bits per heavy atom. The molecule has 0 aliphatic heterocycles. The second-order valence-corrected chi connectivity index (χ2v) is 3.56. The number of carbonyl (C=O) groups is 1. The Hall–Kier alpha value is -1.27. The van der Waals surface area contributed by atoms with Crippen LogP contribution in [0, 0.1) is 11.8 Å². The largest absolute Gasteiger partial charge is 0.338 e. The molecule has 0 saturated heterocycles. The zero-order valence-electron chi connectivity index (χ0n) is 7.63. The first-order valence-corrected chi connectivity index (χ1v) is 4.88. The van der Waals surface area contributed by atoms with Crippen LogP contribution in [0.3, 0.4) is 0 Å². The number of carbonyl (C=O) groups excluding carboxylic acids is 1. The average Bonchev–Trinajstić information content (AvgIpc) is 2.55. The summed E-state index contributed by atoms with van der Waals surface area (Å²) in [4.78, 5) is 12.2. The first-order valence-electron chi connectivity index (χ1n) is 4.00. The van der Waals surface area contributed by atoms with Gasteiger partial charge in [-0.05, 0) is 31.2 Å². The van der Waals surface area contributed by atoms with Crippen LogP contribution in [0.25, 0.3) is 0 Å². The zero-order valence-corrected chi connectivity index (χ0v) is 8.44. The SMILES string of the molecule is CC#CC(=O)NC(C)c1cccs1. The summed E-state index contributed by atoms with van der Waals surface area (Å²) in [5.41, 5.74) is 0. The molecule has 1 N–H and O–H groups in total. The summed E-state index contributed by atoms with van der Waals surface area (Å²) >= 11 is 1.63. The van der Waals surface area contributed by atoms with Gasteiger partial charge in [-0.15, -0.1) is 11.3 Å². The minimum Gasteiger partial charge on any atom is -0.338 e. The fourth-order valence-electron chi connectivity index (χ4n) is 0.955. The molecular formula is C10H11NOS. The lowest BCUT2D eigenvalue weighted by molar-refractivity contribution is -0.116. The molecule has 0 aromatic carbocycles. The van der Waals surface area contributed by atoms with Crippen LogP contribution in [0.4, 0.5) is 0 Å². The molecule has 13 heavy (non-hydrogen) atoms. The van der Waals surface area contributed by atoms with Crippen molar-refractivity contribution < 1.29 is 4.79 Å². The number of rotatable bonds is 2. The van der Waals surface area contributed by atoms with Crippen molar-refractivity contribution in [1.82, 2.24) is 5.32 Å². The van der Waals surface area contributed by atoms with E-state index >= 15 is 0 Å². The molecule has 0 fully saturated rings. The maximum Gasteiger partial charge on any atom is 0.296 e. The number of nitrogens with one attached hydrogen (secondary N) is 1. The molecule has 1 aromatic rings. The van der Waals surface area contributed by atoms with Gasteiger partial charge in [0.2, 0.25) is 0 Å².